The number of rotatable bonds is 3. The van der Waals surface area contributed by atoms with E-state index in [2.05, 4.69) is 10.3 Å². The number of amides is 1. The van der Waals surface area contributed by atoms with Crippen molar-refractivity contribution in [3.8, 4) is 11.3 Å². The summed E-state index contributed by atoms with van der Waals surface area (Å²) >= 11 is 0. The van der Waals surface area contributed by atoms with Gasteiger partial charge in [-0.05, 0) is 18.1 Å². The Morgan fingerprint density at radius 1 is 1.23 bits per heavy atom. The molecule has 0 saturated carbocycles. The molecule has 0 fully saturated rings. The first-order valence-corrected chi connectivity index (χ1v) is 8.52. The van der Waals surface area contributed by atoms with Gasteiger partial charge >= 0.3 is 0 Å². The molecule has 0 bridgehead atoms. The van der Waals surface area contributed by atoms with Crippen LogP contribution in [0.25, 0.3) is 11.3 Å². The zero-order valence-corrected chi connectivity index (χ0v) is 14.5. The van der Waals surface area contributed by atoms with E-state index >= 15 is 0 Å². The van der Waals surface area contributed by atoms with Crippen molar-refractivity contribution in [2.75, 3.05) is 6.54 Å². The van der Waals surface area contributed by atoms with Crippen molar-refractivity contribution in [1.29, 1.82) is 0 Å². The Labute approximate surface area is 149 Å². The average Bonchev–Trinajstić information content (AvgIpc) is 3.28. The first kappa shape index (κ1) is 16.5. The van der Waals surface area contributed by atoms with Crippen LogP contribution in [-0.4, -0.2) is 27.7 Å². The van der Waals surface area contributed by atoms with Gasteiger partial charge in [-0.1, -0.05) is 36.3 Å². The van der Waals surface area contributed by atoms with E-state index in [9.17, 15) is 9.18 Å². The van der Waals surface area contributed by atoms with Crippen LogP contribution in [0, 0.1) is 5.82 Å². The van der Waals surface area contributed by atoms with Crippen LogP contribution < -0.4 is 0 Å². The zero-order chi connectivity index (χ0) is 18.3. The van der Waals surface area contributed by atoms with Crippen molar-refractivity contribution in [2.45, 2.75) is 32.7 Å². The lowest BCUT2D eigenvalue weighted by molar-refractivity contribution is 0.0686. The van der Waals surface area contributed by atoms with Gasteiger partial charge < -0.3 is 13.9 Å². The lowest BCUT2D eigenvalue weighted by Crippen LogP contribution is -2.35. The fraction of sp³-hybridized carbons (Fsp3) is 0.316. The van der Waals surface area contributed by atoms with E-state index < -0.39 is 0 Å². The summed E-state index contributed by atoms with van der Waals surface area (Å²) in [5, 5.41) is 7.97. The van der Waals surface area contributed by atoms with E-state index in [1.54, 1.807) is 29.2 Å². The van der Waals surface area contributed by atoms with E-state index in [4.69, 9.17) is 9.05 Å². The molecule has 1 amide bonds. The second-order valence-electron chi connectivity index (χ2n) is 6.66. The predicted octanol–water partition coefficient (Wildman–Crippen LogP) is 3.79. The molecule has 0 unspecified atom stereocenters. The molecule has 0 aliphatic carbocycles. The van der Waals surface area contributed by atoms with E-state index in [1.165, 1.54) is 6.07 Å². The molecule has 7 heteroatoms. The average molecular weight is 355 g/mol. The molecule has 0 spiro atoms. The summed E-state index contributed by atoms with van der Waals surface area (Å²) in [6.45, 7) is 4.74. The minimum absolute atomic E-state index is 0.180. The summed E-state index contributed by atoms with van der Waals surface area (Å²) in [4.78, 5) is 14.4. The van der Waals surface area contributed by atoms with Gasteiger partial charge in [-0.25, -0.2) is 4.39 Å². The Balaban J connectivity index is 1.62. The van der Waals surface area contributed by atoms with E-state index in [0.717, 1.165) is 11.3 Å². The van der Waals surface area contributed by atoms with Crippen LogP contribution in [0.4, 0.5) is 4.39 Å². The highest BCUT2D eigenvalue weighted by molar-refractivity contribution is 5.91. The number of nitrogens with zero attached hydrogens (tertiary/aromatic N) is 3. The minimum Gasteiger partial charge on any atom is -0.360 e. The van der Waals surface area contributed by atoms with Gasteiger partial charge in [-0.2, -0.15) is 0 Å². The second-order valence-corrected chi connectivity index (χ2v) is 6.66. The maximum absolute atomic E-state index is 14.1. The Morgan fingerprint density at radius 2 is 2.04 bits per heavy atom. The van der Waals surface area contributed by atoms with Crippen LogP contribution in [0.15, 0.2) is 39.4 Å². The molecule has 0 saturated heterocycles. The predicted molar refractivity (Wildman–Crippen MR) is 90.9 cm³/mol. The van der Waals surface area contributed by atoms with Crippen molar-refractivity contribution in [3.05, 3.63) is 58.9 Å². The van der Waals surface area contributed by atoms with Gasteiger partial charge in [-0.15, -0.1) is 0 Å². The second kappa shape index (κ2) is 6.40. The molecule has 134 valence electrons. The Bertz CT molecular complexity index is 961. The molecule has 6 nitrogen and oxygen atoms in total. The Kier molecular flexibility index (Phi) is 4.06. The standard InChI is InChI=1S/C19H18FN3O3/c1-11(2)15-9-17(26-21-15)19(24)23-8-7-16-13(10-23)18(22-25-16)12-5-3-4-6-14(12)20/h3-6,9,11H,7-8,10H2,1-2H3. The molecular weight excluding hydrogens is 337 g/mol. The summed E-state index contributed by atoms with van der Waals surface area (Å²) in [7, 11) is 0. The third kappa shape index (κ3) is 2.79. The van der Waals surface area contributed by atoms with Crippen LogP contribution in [-0.2, 0) is 13.0 Å². The normalized spacial score (nSPS) is 13.9. The summed E-state index contributed by atoms with van der Waals surface area (Å²) in [6.07, 6.45) is 0.522. The fourth-order valence-electron chi connectivity index (χ4n) is 3.06. The number of halogens is 1. The number of benzene rings is 1. The molecule has 1 aliphatic rings. The maximum Gasteiger partial charge on any atom is 0.292 e. The Morgan fingerprint density at radius 3 is 2.77 bits per heavy atom. The number of hydrogen-bond acceptors (Lipinski definition) is 5. The first-order chi connectivity index (χ1) is 12.5. The van der Waals surface area contributed by atoms with Crippen LogP contribution in [0.3, 0.4) is 0 Å². The monoisotopic (exact) mass is 355 g/mol. The van der Waals surface area contributed by atoms with Crippen molar-refractivity contribution in [1.82, 2.24) is 15.2 Å². The molecule has 0 radical (unpaired) electrons. The van der Waals surface area contributed by atoms with Gasteiger partial charge in [0.2, 0.25) is 5.76 Å². The van der Waals surface area contributed by atoms with Gasteiger partial charge in [-0.3, -0.25) is 4.79 Å². The number of hydrogen-bond donors (Lipinski definition) is 0. The smallest absolute Gasteiger partial charge is 0.292 e. The lowest BCUT2D eigenvalue weighted by Gasteiger charge is -2.25. The van der Waals surface area contributed by atoms with Crippen LogP contribution in [0.5, 0.6) is 0 Å². The van der Waals surface area contributed by atoms with Crippen molar-refractivity contribution in [3.63, 3.8) is 0 Å². The summed E-state index contributed by atoms with van der Waals surface area (Å²) in [6, 6.07) is 8.07. The highest BCUT2D eigenvalue weighted by Gasteiger charge is 2.30. The molecule has 1 aromatic carbocycles. The largest absolute Gasteiger partial charge is 0.360 e. The topological polar surface area (TPSA) is 72.4 Å². The summed E-state index contributed by atoms with van der Waals surface area (Å²) in [5.74, 6) is 0.465. The van der Waals surface area contributed by atoms with Gasteiger partial charge in [0.25, 0.3) is 5.91 Å². The number of carbonyl (C=O) groups excluding carboxylic acids is 1. The van der Waals surface area contributed by atoms with Crippen molar-refractivity contribution < 1.29 is 18.2 Å². The van der Waals surface area contributed by atoms with Crippen LogP contribution in [0.2, 0.25) is 0 Å². The fourth-order valence-corrected chi connectivity index (χ4v) is 3.06. The molecule has 0 atom stereocenters. The molecule has 4 rings (SSSR count). The molecule has 26 heavy (non-hydrogen) atoms. The molecule has 3 aromatic rings. The molecule has 2 aromatic heterocycles. The summed E-state index contributed by atoms with van der Waals surface area (Å²) < 4.78 is 24.7. The van der Waals surface area contributed by atoms with E-state index in [-0.39, 0.29) is 23.4 Å². The van der Waals surface area contributed by atoms with E-state index in [1.807, 2.05) is 13.8 Å². The van der Waals surface area contributed by atoms with Gasteiger partial charge in [0, 0.05) is 30.2 Å². The number of carbonyl (C=O) groups is 1. The third-order valence-electron chi connectivity index (χ3n) is 4.57. The highest BCUT2D eigenvalue weighted by atomic mass is 19.1. The molecule has 1 aliphatic heterocycles. The highest BCUT2D eigenvalue weighted by Crippen LogP contribution is 2.32. The minimum atomic E-state index is -0.371. The third-order valence-corrected chi connectivity index (χ3v) is 4.57. The zero-order valence-electron chi connectivity index (χ0n) is 14.5. The molecule has 3 heterocycles. The first-order valence-electron chi connectivity index (χ1n) is 8.52. The van der Waals surface area contributed by atoms with Gasteiger partial charge in [0.1, 0.15) is 17.3 Å². The number of aromatic nitrogens is 2. The van der Waals surface area contributed by atoms with E-state index in [0.29, 0.717) is 36.5 Å². The van der Waals surface area contributed by atoms with Crippen LogP contribution >= 0.6 is 0 Å². The van der Waals surface area contributed by atoms with Crippen molar-refractivity contribution in [2.24, 2.45) is 0 Å². The SMILES string of the molecule is CC(C)c1cc(C(=O)N2CCc3onc(-c4ccccc4F)c3C2)on1. The van der Waals surface area contributed by atoms with Gasteiger partial charge in [0.05, 0.1) is 12.2 Å². The number of fused-ring (bicyclic) bond motifs is 1. The van der Waals surface area contributed by atoms with Crippen LogP contribution in [0.1, 0.15) is 47.3 Å². The quantitative estimate of drug-likeness (QED) is 0.715. The molecular formula is C19H18FN3O3. The maximum atomic E-state index is 14.1. The molecule has 0 N–H and O–H groups in total. The Hall–Kier alpha value is -2.96. The van der Waals surface area contributed by atoms with Gasteiger partial charge in [0.15, 0.2) is 0 Å². The van der Waals surface area contributed by atoms with Crippen molar-refractivity contribution >= 4 is 5.91 Å². The summed E-state index contributed by atoms with van der Waals surface area (Å²) in [5.41, 5.74) is 2.28. The lowest BCUT2D eigenvalue weighted by atomic mass is 10.0.